The molecule has 1 aromatic rings. The number of benzene rings is 1. The Morgan fingerprint density at radius 1 is 1.29 bits per heavy atom. The van der Waals surface area contributed by atoms with E-state index in [1.54, 1.807) is 0 Å². The second-order valence-corrected chi connectivity index (χ2v) is 5.56. The minimum atomic E-state index is -4.49. The highest BCUT2D eigenvalue weighted by Crippen LogP contribution is 2.35. The molecule has 5 nitrogen and oxygen atoms in total. The molecular formula is C16H21F3N2O3. The molecule has 1 amide bonds. The number of rotatable bonds is 6. The van der Waals surface area contributed by atoms with Gasteiger partial charge in [-0.15, -0.1) is 0 Å². The lowest BCUT2D eigenvalue weighted by molar-refractivity contribution is -0.137. The van der Waals surface area contributed by atoms with Crippen molar-refractivity contribution in [1.82, 2.24) is 5.32 Å². The van der Waals surface area contributed by atoms with E-state index < -0.39 is 11.7 Å². The Morgan fingerprint density at radius 2 is 2.00 bits per heavy atom. The van der Waals surface area contributed by atoms with Crippen LogP contribution in [-0.2, 0) is 15.7 Å². The van der Waals surface area contributed by atoms with Crippen molar-refractivity contribution < 1.29 is 27.4 Å². The second-order valence-electron chi connectivity index (χ2n) is 5.56. The molecule has 2 rings (SSSR count). The molecule has 1 fully saturated rings. The molecule has 0 spiro atoms. The summed E-state index contributed by atoms with van der Waals surface area (Å²) in [6.07, 6.45) is -3.17. The number of piperidine rings is 1. The number of carbonyl (C=O) groups excluding carboxylic acids is 1. The molecule has 0 aromatic heterocycles. The monoisotopic (exact) mass is 346 g/mol. The van der Waals surface area contributed by atoms with Crippen molar-refractivity contribution in [3.8, 4) is 5.75 Å². The van der Waals surface area contributed by atoms with Gasteiger partial charge in [0.25, 0.3) is 0 Å². The van der Waals surface area contributed by atoms with Crippen molar-refractivity contribution in [1.29, 1.82) is 0 Å². The molecular weight excluding hydrogens is 325 g/mol. The van der Waals surface area contributed by atoms with Crippen LogP contribution in [0.3, 0.4) is 0 Å². The number of alkyl halides is 3. The molecule has 1 aromatic carbocycles. The zero-order chi connectivity index (χ0) is 17.6. The van der Waals surface area contributed by atoms with Crippen LogP contribution in [0.5, 0.6) is 5.75 Å². The number of carbonyl (C=O) groups is 1. The maximum Gasteiger partial charge on any atom is 0.416 e. The summed E-state index contributed by atoms with van der Waals surface area (Å²) in [7, 11) is 1.50. The summed E-state index contributed by atoms with van der Waals surface area (Å²) in [6, 6.07) is 3.06. The highest BCUT2D eigenvalue weighted by Gasteiger charge is 2.32. The Labute approximate surface area is 138 Å². The fourth-order valence-corrected chi connectivity index (χ4v) is 2.48. The SMILES string of the molecule is COCCOc1ccc(C(F)(F)F)cc1NC(=O)C1CCNCC1. The van der Waals surface area contributed by atoms with Gasteiger partial charge in [-0.2, -0.15) is 13.2 Å². The predicted octanol–water partition coefficient (Wildman–Crippen LogP) is 2.67. The van der Waals surface area contributed by atoms with Crippen LogP contribution in [0.15, 0.2) is 18.2 Å². The van der Waals surface area contributed by atoms with Crippen LogP contribution in [0, 0.1) is 5.92 Å². The Bertz CT molecular complexity index is 558. The van der Waals surface area contributed by atoms with Crippen LogP contribution in [-0.4, -0.2) is 39.3 Å². The van der Waals surface area contributed by atoms with E-state index in [4.69, 9.17) is 9.47 Å². The van der Waals surface area contributed by atoms with Gasteiger partial charge in [0, 0.05) is 13.0 Å². The standard InChI is InChI=1S/C16H21F3N2O3/c1-23-8-9-24-14-3-2-12(16(17,18)19)10-13(14)21-15(22)11-4-6-20-7-5-11/h2-3,10-11,20H,4-9H2,1H3,(H,21,22). The zero-order valence-corrected chi connectivity index (χ0v) is 13.4. The number of halogens is 3. The largest absolute Gasteiger partial charge is 0.489 e. The Hall–Kier alpha value is -1.80. The van der Waals surface area contributed by atoms with E-state index in [1.807, 2.05) is 0 Å². The van der Waals surface area contributed by atoms with Gasteiger partial charge in [-0.3, -0.25) is 4.79 Å². The van der Waals surface area contributed by atoms with Crippen LogP contribution in [0.1, 0.15) is 18.4 Å². The highest BCUT2D eigenvalue weighted by atomic mass is 19.4. The zero-order valence-electron chi connectivity index (χ0n) is 13.4. The van der Waals surface area contributed by atoms with E-state index in [9.17, 15) is 18.0 Å². The quantitative estimate of drug-likeness (QED) is 0.778. The summed E-state index contributed by atoms with van der Waals surface area (Å²) < 4.78 is 49.0. The third-order valence-electron chi connectivity index (χ3n) is 3.82. The van der Waals surface area contributed by atoms with E-state index in [0.29, 0.717) is 19.4 Å². The molecule has 1 heterocycles. The molecule has 1 saturated heterocycles. The van der Waals surface area contributed by atoms with Gasteiger partial charge in [0.05, 0.1) is 17.9 Å². The first-order valence-electron chi connectivity index (χ1n) is 7.76. The van der Waals surface area contributed by atoms with Crippen molar-refractivity contribution in [3.05, 3.63) is 23.8 Å². The lowest BCUT2D eigenvalue weighted by atomic mass is 9.97. The molecule has 0 saturated carbocycles. The minimum Gasteiger partial charge on any atom is -0.489 e. The normalized spacial score (nSPS) is 16.0. The third-order valence-corrected chi connectivity index (χ3v) is 3.82. The molecule has 1 aliphatic rings. The molecule has 0 bridgehead atoms. The van der Waals surface area contributed by atoms with Crippen LogP contribution in [0.2, 0.25) is 0 Å². The number of hydrogen-bond donors (Lipinski definition) is 2. The lowest BCUT2D eigenvalue weighted by Gasteiger charge is -2.23. The van der Waals surface area contributed by atoms with Crippen molar-refractivity contribution in [3.63, 3.8) is 0 Å². The smallest absolute Gasteiger partial charge is 0.416 e. The lowest BCUT2D eigenvalue weighted by Crippen LogP contribution is -2.34. The maximum atomic E-state index is 12.9. The van der Waals surface area contributed by atoms with Crippen LogP contribution in [0.25, 0.3) is 0 Å². The molecule has 2 N–H and O–H groups in total. The third kappa shape index (κ3) is 5.10. The van der Waals surface area contributed by atoms with Gasteiger partial charge in [-0.05, 0) is 44.1 Å². The Balaban J connectivity index is 2.17. The molecule has 8 heteroatoms. The van der Waals surface area contributed by atoms with Crippen molar-refractivity contribution >= 4 is 11.6 Å². The van der Waals surface area contributed by atoms with Crippen LogP contribution < -0.4 is 15.4 Å². The van der Waals surface area contributed by atoms with Gasteiger partial charge in [0.1, 0.15) is 12.4 Å². The van der Waals surface area contributed by atoms with Crippen molar-refractivity contribution in [2.45, 2.75) is 19.0 Å². The van der Waals surface area contributed by atoms with E-state index in [0.717, 1.165) is 25.2 Å². The van der Waals surface area contributed by atoms with E-state index in [2.05, 4.69) is 10.6 Å². The summed E-state index contributed by atoms with van der Waals surface area (Å²) in [5.74, 6) is -0.303. The molecule has 0 unspecified atom stereocenters. The van der Waals surface area contributed by atoms with Gasteiger partial charge < -0.3 is 20.1 Å². The van der Waals surface area contributed by atoms with Crippen molar-refractivity contribution in [2.24, 2.45) is 5.92 Å². The second kappa shape index (κ2) is 8.34. The molecule has 0 aliphatic carbocycles. The van der Waals surface area contributed by atoms with Crippen LogP contribution in [0.4, 0.5) is 18.9 Å². The van der Waals surface area contributed by atoms with Crippen molar-refractivity contribution in [2.75, 3.05) is 38.7 Å². The topological polar surface area (TPSA) is 59.6 Å². The highest BCUT2D eigenvalue weighted by molar-refractivity contribution is 5.94. The van der Waals surface area contributed by atoms with Gasteiger partial charge in [0.15, 0.2) is 0 Å². The fraction of sp³-hybridized carbons (Fsp3) is 0.562. The summed E-state index contributed by atoms with van der Waals surface area (Å²) in [5, 5.41) is 5.73. The fourth-order valence-electron chi connectivity index (χ4n) is 2.48. The summed E-state index contributed by atoms with van der Waals surface area (Å²) >= 11 is 0. The van der Waals surface area contributed by atoms with E-state index >= 15 is 0 Å². The van der Waals surface area contributed by atoms with E-state index in [1.165, 1.54) is 13.2 Å². The number of nitrogens with one attached hydrogen (secondary N) is 2. The van der Waals surface area contributed by atoms with Gasteiger partial charge >= 0.3 is 6.18 Å². The Kier molecular flexibility index (Phi) is 6.44. The molecule has 0 atom stereocenters. The summed E-state index contributed by atoms with van der Waals surface area (Å²) in [5.41, 5.74) is -0.799. The summed E-state index contributed by atoms with van der Waals surface area (Å²) in [6.45, 7) is 1.91. The number of anilines is 1. The Morgan fingerprint density at radius 3 is 2.62 bits per heavy atom. The molecule has 24 heavy (non-hydrogen) atoms. The average molecular weight is 346 g/mol. The van der Waals surface area contributed by atoms with Gasteiger partial charge in [-0.1, -0.05) is 0 Å². The van der Waals surface area contributed by atoms with E-state index in [-0.39, 0.29) is 29.9 Å². The minimum absolute atomic E-state index is 0.0319. The molecule has 0 radical (unpaired) electrons. The van der Waals surface area contributed by atoms with Gasteiger partial charge in [-0.25, -0.2) is 0 Å². The number of hydrogen-bond acceptors (Lipinski definition) is 4. The first kappa shape index (κ1) is 18.5. The van der Waals surface area contributed by atoms with Crippen LogP contribution >= 0.6 is 0 Å². The first-order chi connectivity index (χ1) is 11.4. The maximum absolute atomic E-state index is 12.9. The molecule has 134 valence electrons. The number of methoxy groups -OCH3 is 1. The average Bonchev–Trinajstić information content (AvgIpc) is 2.56. The number of ether oxygens (including phenoxy) is 2. The first-order valence-corrected chi connectivity index (χ1v) is 7.76. The predicted molar refractivity (Wildman–Crippen MR) is 83.0 cm³/mol. The number of amides is 1. The molecule has 1 aliphatic heterocycles. The summed E-state index contributed by atoms with van der Waals surface area (Å²) in [4.78, 5) is 12.3. The van der Waals surface area contributed by atoms with Gasteiger partial charge in [0.2, 0.25) is 5.91 Å².